The minimum atomic E-state index is -2.62. The van der Waals surface area contributed by atoms with Crippen molar-refractivity contribution in [2.24, 2.45) is 5.73 Å². The first-order chi connectivity index (χ1) is 17.3. The Bertz CT molecular complexity index is 1200. The van der Waals surface area contributed by atoms with Gasteiger partial charge in [0.2, 0.25) is 11.6 Å². The number of nitrogens with zero attached hydrogens (tertiary/aromatic N) is 5. The molecule has 7 nitrogen and oxygen atoms in total. The highest BCUT2D eigenvalue weighted by molar-refractivity contribution is 8.00. The van der Waals surface area contributed by atoms with E-state index in [0.717, 1.165) is 11.8 Å². The molecule has 2 saturated heterocycles. The number of nitriles is 1. The topological polar surface area (TPSA) is 90.6 Å². The predicted molar refractivity (Wildman–Crippen MR) is 135 cm³/mol. The average molecular weight is 511 g/mol. The largest absolute Gasteiger partial charge is 0.368 e. The standard InChI is InChI=1S/C26H28F2N6OS/c1-3-19-20(15-29)25(36-22(23(30)35)17-7-5-4-6-8-17)32-24(21(19)31-2)33-12-9-18(10-13-33)34-14-11-26(27,28)16-34/h4-8,18,22H,3,9-14,16H2,1H3,(H2,30,35). The second kappa shape index (κ2) is 10.8. The molecule has 1 unspecified atom stereocenters. The lowest BCUT2D eigenvalue weighted by Gasteiger charge is -2.38. The number of alkyl halides is 2. The number of amides is 1. The summed E-state index contributed by atoms with van der Waals surface area (Å²) in [7, 11) is 0. The van der Waals surface area contributed by atoms with E-state index in [9.17, 15) is 18.8 Å². The van der Waals surface area contributed by atoms with E-state index < -0.39 is 17.1 Å². The lowest BCUT2D eigenvalue weighted by atomic mass is 10.0. The van der Waals surface area contributed by atoms with Crippen molar-refractivity contribution in [3.63, 3.8) is 0 Å². The number of primary amides is 1. The molecule has 10 heteroatoms. The fraction of sp³-hybridized carbons (Fsp3) is 0.462. The number of carbonyl (C=O) groups is 1. The molecule has 0 spiro atoms. The van der Waals surface area contributed by atoms with E-state index in [-0.39, 0.29) is 24.6 Å². The number of aromatic nitrogens is 1. The van der Waals surface area contributed by atoms with Crippen LogP contribution in [0.2, 0.25) is 0 Å². The second-order valence-corrected chi connectivity index (χ2v) is 10.2. The van der Waals surface area contributed by atoms with Crippen LogP contribution in [0.3, 0.4) is 0 Å². The number of thioether (sulfide) groups is 1. The molecule has 1 aromatic heterocycles. The first-order valence-electron chi connectivity index (χ1n) is 12.0. The molecule has 0 radical (unpaired) electrons. The Labute approximate surface area is 214 Å². The normalized spacial score (nSPS) is 19.0. The van der Waals surface area contributed by atoms with Crippen molar-refractivity contribution in [3.05, 3.63) is 58.4 Å². The summed E-state index contributed by atoms with van der Waals surface area (Å²) in [5.41, 5.74) is 7.64. The van der Waals surface area contributed by atoms with Gasteiger partial charge in [-0.3, -0.25) is 9.69 Å². The predicted octanol–water partition coefficient (Wildman–Crippen LogP) is 4.69. The maximum Gasteiger partial charge on any atom is 0.261 e. The lowest BCUT2D eigenvalue weighted by Crippen LogP contribution is -2.45. The third-order valence-corrected chi connectivity index (χ3v) is 8.13. The Morgan fingerprint density at radius 3 is 2.56 bits per heavy atom. The molecular formula is C26H28F2N6OS. The van der Waals surface area contributed by atoms with Crippen LogP contribution in [0.15, 0.2) is 35.4 Å². The molecule has 1 amide bonds. The maximum atomic E-state index is 13.7. The molecule has 3 heterocycles. The van der Waals surface area contributed by atoms with E-state index in [1.54, 1.807) is 12.1 Å². The number of rotatable bonds is 7. The molecule has 2 N–H and O–H groups in total. The summed E-state index contributed by atoms with van der Waals surface area (Å²) in [4.78, 5) is 24.7. The van der Waals surface area contributed by atoms with Gasteiger partial charge in [0.05, 0.1) is 18.7 Å². The van der Waals surface area contributed by atoms with Gasteiger partial charge in [0.1, 0.15) is 22.2 Å². The SMILES string of the molecule is [C-]#[N+]c1c(N2CCC(N3CCC(F)(F)C3)CC2)nc(SC(C(N)=O)c2ccccc2)c(C#N)c1CC. The number of anilines is 1. The fourth-order valence-electron chi connectivity index (χ4n) is 5.02. The van der Waals surface area contributed by atoms with E-state index in [1.165, 1.54) is 0 Å². The zero-order valence-electron chi connectivity index (χ0n) is 20.1. The van der Waals surface area contributed by atoms with Gasteiger partial charge in [0.15, 0.2) is 0 Å². The van der Waals surface area contributed by atoms with Crippen molar-refractivity contribution in [2.45, 2.75) is 54.8 Å². The molecule has 2 aliphatic heterocycles. The Kier molecular flexibility index (Phi) is 7.77. The zero-order chi connectivity index (χ0) is 25.9. The molecule has 0 saturated carbocycles. The number of benzene rings is 1. The van der Waals surface area contributed by atoms with E-state index in [0.29, 0.717) is 66.6 Å². The van der Waals surface area contributed by atoms with Crippen LogP contribution in [0, 0.1) is 17.9 Å². The summed E-state index contributed by atoms with van der Waals surface area (Å²) in [5.74, 6) is -2.69. The number of halogens is 2. The van der Waals surface area contributed by atoms with Crippen LogP contribution in [0.25, 0.3) is 4.85 Å². The minimum absolute atomic E-state index is 0.0706. The lowest BCUT2D eigenvalue weighted by molar-refractivity contribution is -0.117. The highest BCUT2D eigenvalue weighted by Gasteiger charge is 2.41. The van der Waals surface area contributed by atoms with Crippen LogP contribution >= 0.6 is 11.8 Å². The Morgan fingerprint density at radius 2 is 2.03 bits per heavy atom. The Morgan fingerprint density at radius 1 is 1.33 bits per heavy atom. The van der Waals surface area contributed by atoms with Crippen LogP contribution in [0.4, 0.5) is 20.3 Å². The van der Waals surface area contributed by atoms with Gasteiger partial charge >= 0.3 is 0 Å². The highest BCUT2D eigenvalue weighted by Crippen LogP contribution is 2.43. The molecule has 36 heavy (non-hydrogen) atoms. The van der Waals surface area contributed by atoms with Crippen molar-refractivity contribution < 1.29 is 13.6 Å². The zero-order valence-corrected chi connectivity index (χ0v) is 20.9. The third kappa shape index (κ3) is 5.30. The van der Waals surface area contributed by atoms with Gasteiger partial charge < -0.3 is 10.6 Å². The molecule has 0 aliphatic carbocycles. The van der Waals surface area contributed by atoms with Gasteiger partial charge in [0, 0.05) is 32.1 Å². The monoisotopic (exact) mass is 510 g/mol. The molecule has 1 atom stereocenters. The Hall–Kier alpha value is -3.21. The van der Waals surface area contributed by atoms with E-state index in [4.69, 9.17) is 17.3 Å². The van der Waals surface area contributed by atoms with Crippen molar-refractivity contribution in [2.75, 3.05) is 31.1 Å². The van der Waals surface area contributed by atoms with Gasteiger partial charge in [-0.2, -0.15) is 5.26 Å². The summed E-state index contributed by atoms with van der Waals surface area (Å²) in [6.07, 6.45) is 1.73. The van der Waals surface area contributed by atoms with E-state index in [2.05, 4.69) is 10.9 Å². The van der Waals surface area contributed by atoms with Crippen LogP contribution in [-0.4, -0.2) is 53.9 Å². The summed E-state index contributed by atoms with van der Waals surface area (Å²) in [5, 5.41) is 9.59. The van der Waals surface area contributed by atoms with Gasteiger partial charge in [-0.05, 0) is 30.4 Å². The second-order valence-electron chi connectivity index (χ2n) is 9.13. The van der Waals surface area contributed by atoms with Crippen molar-refractivity contribution in [1.82, 2.24) is 9.88 Å². The summed E-state index contributed by atoms with van der Waals surface area (Å²) in [6.45, 7) is 11.0. The number of likely N-dealkylation sites (tertiary alicyclic amines) is 1. The molecule has 2 aromatic rings. The van der Waals surface area contributed by atoms with Gasteiger partial charge in [0.25, 0.3) is 5.92 Å². The number of nitrogens with two attached hydrogens (primary N) is 1. The van der Waals surface area contributed by atoms with Gasteiger partial charge in [-0.1, -0.05) is 49.0 Å². The van der Waals surface area contributed by atoms with Crippen LogP contribution < -0.4 is 10.6 Å². The van der Waals surface area contributed by atoms with Crippen LogP contribution in [0.5, 0.6) is 0 Å². The molecule has 4 rings (SSSR count). The van der Waals surface area contributed by atoms with Crippen molar-refractivity contribution in [1.29, 1.82) is 5.26 Å². The first-order valence-corrected chi connectivity index (χ1v) is 12.9. The first kappa shape index (κ1) is 25.9. The highest BCUT2D eigenvalue weighted by atomic mass is 32.2. The van der Waals surface area contributed by atoms with Gasteiger partial charge in [-0.25, -0.2) is 18.6 Å². The molecular weight excluding hydrogens is 482 g/mol. The van der Waals surface area contributed by atoms with E-state index in [1.807, 2.05) is 34.9 Å². The summed E-state index contributed by atoms with van der Waals surface area (Å²) in [6, 6.07) is 11.3. The number of hydrogen-bond acceptors (Lipinski definition) is 6. The van der Waals surface area contributed by atoms with Crippen LogP contribution in [0.1, 0.15) is 48.1 Å². The molecule has 2 fully saturated rings. The maximum absolute atomic E-state index is 13.7. The number of piperidine rings is 1. The number of hydrogen-bond donors (Lipinski definition) is 1. The summed E-state index contributed by atoms with van der Waals surface area (Å²) < 4.78 is 27.4. The number of carbonyl (C=O) groups excluding carboxylic acids is 1. The molecule has 2 aliphatic rings. The number of pyridine rings is 1. The smallest absolute Gasteiger partial charge is 0.261 e. The Balaban J connectivity index is 1.65. The van der Waals surface area contributed by atoms with Gasteiger partial charge in [-0.15, -0.1) is 0 Å². The van der Waals surface area contributed by atoms with Crippen molar-refractivity contribution in [3.8, 4) is 6.07 Å². The quantitative estimate of drug-likeness (QED) is 0.429. The third-order valence-electron chi connectivity index (χ3n) is 6.87. The van der Waals surface area contributed by atoms with Crippen LogP contribution in [-0.2, 0) is 11.2 Å². The summed E-state index contributed by atoms with van der Waals surface area (Å²) >= 11 is 1.12. The molecule has 188 valence electrons. The van der Waals surface area contributed by atoms with E-state index >= 15 is 0 Å². The molecule has 0 bridgehead atoms. The molecule has 1 aromatic carbocycles. The fourth-order valence-corrected chi connectivity index (χ4v) is 6.08. The van der Waals surface area contributed by atoms with Crippen molar-refractivity contribution >= 4 is 29.2 Å². The average Bonchev–Trinajstić information content (AvgIpc) is 3.26. The minimum Gasteiger partial charge on any atom is -0.368 e.